The average molecular weight is 278 g/mol. The van der Waals surface area contributed by atoms with Crippen LogP contribution in [0.15, 0.2) is 11.1 Å². The smallest absolute Gasteiger partial charge is 0.267 e. The molecule has 0 saturated heterocycles. The van der Waals surface area contributed by atoms with E-state index in [1.54, 1.807) is 4.52 Å². The Balaban J connectivity index is 2.01. The number of likely N-dealkylation sites (N-methyl/N-ethyl adjacent to an activating group) is 1. The molecule has 2 aromatic rings. The molecule has 0 saturated carbocycles. The molecule has 7 nitrogen and oxygen atoms in total. The molecule has 0 atom stereocenters. The Kier molecular flexibility index (Phi) is 4.86. The van der Waals surface area contributed by atoms with E-state index in [0.29, 0.717) is 12.2 Å². The molecule has 0 radical (unpaired) electrons. The van der Waals surface area contributed by atoms with Crippen LogP contribution in [0.4, 0.5) is 0 Å². The zero-order valence-corrected chi connectivity index (χ0v) is 12.3. The van der Waals surface area contributed by atoms with Crippen molar-refractivity contribution in [2.24, 2.45) is 0 Å². The maximum absolute atomic E-state index is 12.0. The molecule has 110 valence electrons. The van der Waals surface area contributed by atoms with Gasteiger partial charge in [0, 0.05) is 30.8 Å². The number of H-pyrrole nitrogens is 1. The van der Waals surface area contributed by atoms with Gasteiger partial charge in [-0.3, -0.25) is 9.89 Å². The van der Waals surface area contributed by atoms with Crippen molar-refractivity contribution in [3.05, 3.63) is 27.8 Å². The summed E-state index contributed by atoms with van der Waals surface area (Å²) in [5.74, 6) is 0. The molecule has 0 amide bonds. The van der Waals surface area contributed by atoms with Gasteiger partial charge in [0.2, 0.25) is 0 Å². The van der Waals surface area contributed by atoms with Gasteiger partial charge in [-0.1, -0.05) is 13.8 Å². The van der Waals surface area contributed by atoms with Gasteiger partial charge < -0.3 is 10.2 Å². The molecule has 20 heavy (non-hydrogen) atoms. The van der Waals surface area contributed by atoms with E-state index in [2.05, 4.69) is 39.4 Å². The van der Waals surface area contributed by atoms with Gasteiger partial charge in [-0.25, -0.2) is 4.52 Å². The van der Waals surface area contributed by atoms with Crippen LogP contribution in [-0.2, 0) is 6.54 Å². The van der Waals surface area contributed by atoms with Gasteiger partial charge in [0.1, 0.15) is 6.33 Å². The second kappa shape index (κ2) is 6.62. The molecule has 2 rings (SSSR count). The number of nitrogens with zero attached hydrogens (tertiary/aromatic N) is 4. The maximum Gasteiger partial charge on any atom is 0.267 e. The van der Waals surface area contributed by atoms with Gasteiger partial charge in [0.15, 0.2) is 5.65 Å². The van der Waals surface area contributed by atoms with Crippen LogP contribution in [0, 0.1) is 6.92 Å². The van der Waals surface area contributed by atoms with E-state index < -0.39 is 0 Å². The molecular formula is C13H22N6O. The van der Waals surface area contributed by atoms with Crippen molar-refractivity contribution in [2.45, 2.75) is 27.3 Å². The lowest BCUT2D eigenvalue weighted by Crippen LogP contribution is -2.33. The lowest BCUT2D eigenvalue weighted by molar-refractivity contribution is 0.302. The number of fused-ring (bicyclic) bond motifs is 1. The number of aromatic amines is 1. The van der Waals surface area contributed by atoms with Gasteiger partial charge in [-0.15, -0.1) is 10.2 Å². The van der Waals surface area contributed by atoms with E-state index in [9.17, 15) is 4.79 Å². The fourth-order valence-corrected chi connectivity index (χ4v) is 2.26. The van der Waals surface area contributed by atoms with Crippen molar-refractivity contribution >= 4 is 5.65 Å². The zero-order chi connectivity index (χ0) is 14.5. The highest BCUT2D eigenvalue weighted by atomic mass is 16.1. The van der Waals surface area contributed by atoms with E-state index in [4.69, 9.17) is 0 Å². The van der Waals surface area contributed by atoms with Crippen LogP contribution in [0.25, 0.3) is 5.65 Å². The summed E-state index contributed by atoms with van der Waals surface area (Å²) in [5, 5.41) is 13.9. The van der Waals surface area contributed by atoms with Crippen LogP contribution < -0.4 is 10.9 Å². The van der Waals surface area contributed by atoms with Crippen LogP contribution in [0.1, 0.15) is 25.0 Å². The standard InChI is InChI=1S/C13H22N6O/c1-4-18(5-2)7-6-14-8-11-10(3)12-16-15-9-19(12)17-13(11)20/h9,14H,4-8H2,1-3H3,(H,17,20). The van der Waals surface area contributed by atoms with E-state index in [1.807, 2.05) is 6.92 Å². The molecule has 0 spiro atoms. The number of rotatable bonds is 7. The minimum Gasteiger partial charge on any atom is -0.311 e. The van der Waals surface area contributed by atoms with E-state index in [1.165, 1.54) is 6.33 Å². The number of hydrogen-bond donors (Lipinski definition) is 2. The molecule has 2 N–H and O–H groups in total. The lowest BCUT2D eigenvalue weighted by Gasteiger charge is -2.18. The van der Waals surface area contributed by atoms with E-state index >= 15 is 0 Å². The topological polar surface area (TPSA) is 78.3 Å². The third-order valence-electron chi connectivity index (χ3n) is 3.63. The molecule has 0 aliphatic carbocycles. The summed E-state index contributed by atoms with van der Waals surface area (Å²) in [6.07, 6.45) is 1.50. The van der Waals surface area contributed by atoms with Crippen molar-refractivity contribution in [1.82, 2.24) is 30.0 Å². The first-order valence-corrected chi connectivity index (χ1v) is 7.01. The quantitative estimate of drug-likeness (QED) is 0.705. The minimum absolute atomic E-state index is 0.0925. The minimum atomic E-state index is -0.0925. The first-order valence-electron chi connectivity index (χ1n) is 7.01. The molecule has 7 heteroatoms. The monoisotopic (exact) mass is 278 g/mol. The SMILES string of the molecule is CCN(CC)CCNCc1c(C)c2nncn2[nH]c1=O. The van der Waals surface area contributed by atoms with Crippen molar-refractivity contribution < 1.29 is 0 Å². The van der Waals surface area contributed by atoms with Crippen molar-refractivity contribution in [3.8, 4) is 0 Å². The average Bonchev–Trinajstić information content (AvgIpc) is 2.90. The Labute approximate surface area is 118 Å². The third kappa shape index (κ3) is 3.05. The molecule has 0 aliphatic rings. The zero-order valence-electron chi connectivity index (χ0n) is 12.3. The Morgan fingerprint density at radius 1 is 1.40 bits per heavy atom. The van der Waals surface area contributed by atoms with Crippen LogP contribution >= 0.6 is 0 Å². The molecule has 0 aromatic carbocycles. The summed E-state index contributed by atoms with van der Waals surface area (Å²) in [6.45, 7) is 10.7. The van der Waals surface area contributed by atoms with Crippen LogP contribution in [0.2, 0.25) is 0 Å². The highest BCUT2D eigenvalue weighted by Gasteiger charge is 2.10. The second-order valence-electron chi connectivity index (χ2n) is 4.77. The Morgan fingerprint density at radius 3 is 2.85 bits per heavy atom. The van der Waals surface area contributed by atoms with Crippen molar-refractivity contribution in [2.75, 3.05) is 26.2 Å². The first kappa shape index (κ1) is 14.7. The Bertz CT molecular complexity index is 613. The van der Waals surface area contributed by atoms with Gasteiger partial charge in [0.05, 0.1) is 0 Å². The van der Waals surface area contributed by atoms with Crippen LogP contribution in [-0.4, -0.2) is 50.9 Å². The van der Waals surface area contributed by atoms with E-state index in [0.717, 1.165) is 37.3 Å². The Hall–Kier alpha value is -1.73. The highest BCUT2D eigenvalue weighted by molar-refractivity contribution is 5.47. The van der Waals surface area contributed by atoms with Gasteiger partial charge >= 0.3 is 0 Å². The van der Waals surface area contributed by atoms with Crippen molar-refractivity contribution in [3.63, 3.8) is 0 Å². The molecular weight excluding hydrogens is 256 g/mol. The van der Waals surface area contributed by atoms with Gasteiger partial charge in [-0.2, -0.15) is 0 Å². The Morgan fingerprint density at radius 2 is 2.15 bits per heavy atom. The molecule has 0 bridgehead atoms. The molecule has 0 fully saturated rings. The maximum atomic E-state index is 12.0. The summed E-state index contributed by atoms with van der Waals surface area (Å²) >= 11 is 0. The molecule has 0 aliphatic heterocycles. The molecule has 0 unspecified atom stereocenters. The normalized spacial score (nSPS) is 11.6. The van der Waals surface area contributed by atoms with E-state index in [-0.39, 0.29) is 5.56 Å². The second-order valence-corrected chi connectivity index (χ2v) is 4.77. The third-order valence-corrected chi connectivity index (χ3v) is 3.63. The largest absolute Gasteiger partial charge is 0.311 e. The summed E-state index contributed by atoms with van der Waals surface area (Å²) in [7, 11) is 0. The number of aryl methyl sites for hydroxylation is 1. The summed E-state index contributed by atoms with van der Waals surface area (Å²) in [6, 6.07) is 0. The summed E-state index contributed by atoms with van der Waals surface area (Å²) < 4.78 is 1.55. The predicted octanol–water partition coefficient (Wildman–Crippen LogP) is 0.157. The number of hydrogen-bond acceptors (Lipinski definition) is 5. The molecule has 2 heterocycles. The summed E-state index contributed by atoms with van der Waals surface area (Å²) in [4.78, 5) is 14.3. The predicted molar refractivity (Wildman–Crippen MR) is 77.8 cm³/mol. The molecule has 2 aromatic heterocycles. The van der Waals surface area contributed by atoms with Crippen LogP contribution in [0.3, 0.4) is 0 Å². The van der Waals surface area contributed by atoms with Gasteiger partial charge in [-0.05, 0) is 20.0 Å². The number of aromatic nitrogens is 4. The van der Waals surface area contributed by atoms with Crippen LogP contribution in [0.5, 0.6) is 0 Å². The van der Waals surface area contributed by atoms with Gasteiger partial charge in [0.25, 0.3) is 5.56 Å². The fourth-order valence-electron chi connectivity index (χ4n) is 2.26. The first-order chi connectivity index (χ1) is 9.67. The highest BCUT2D eigenvalue weighted by Crippen LogP contribution is 2.07. The number of nitrogens with one attached hydrogen (secondary N) is 2. The summed E-state index contributed by atoms with van der Waals surface area (Å²) in [5.41, 5.74) is 2.21. The fraction of sp³-hybridized carbons (Fsp3) is 0.615. The van der Waals surface area contributed by atoms with Crippen molar-refractivity contribution in [1.29, 1.82) is 0 Å². The lowest BCUT2D eigenvalue weighted by atomic mass is 10.2.